The topological polar surface area (TPSA) is 35.2 Å². The van der Waals surface area contributed by atoms with Crippen molar-refractivity contribution in [3.8, 4) is 0 Å². The maximum atomic E-state index is 13.8. The maximum absolute atomic E-state index is 13.8. The van der Waals surface area contributed by atoms with Crippen molar-refractivity contribution in [3.05, 3.63) is 68.9 Å². The Kier molecular flexibility index (Phi) is 3.87. The molecule has 0 spiro atoms. The molecule has 0 bridgehead atoms. The van der Waals surface area contributed by atoms with E-state index in [2.05, 4.69) is 28.1 Å². The summed E-state index contributed by atoms with van der Waals surface area (Å²) >= 11 is 3.26. The number of hydrogen-bond acceptors (Lipinski definition) is 2. The Morgan fingerprint density at radius 3 is 2.75 bits per heavy atom. The summed E-state index contributed by atoms with van der Waals surface area (Å²) in [5.74, 6) is -0.223. The van der Waals surface area contributed by atoms with Crippen LogP contribution >= 0.6 is 15.9 Å². The second kappa shape index (κ2) is 5.64. The van der Waals surface area contributed by atoms with Crippen molar-refractivity contribution in [2.24, 2.45) is 5.73 Å². The molecule has 3 rings (SSSR count). The van der Waals surface area contributed by atoms with E-state index in [9.17, 15) is 4.39 Å². The highest BCUT2D eigenvalue weighted by atomic mass is 79.9. The van der Waals surface area contributed by atoms with Gasteiger partial charge in [-0.3, -0.25) is 0 Å². The van der Waals surface area contributed by atoms with E-state index in [1.54, 1.807) is 6.07 Å². The van der Waals surface area contributed by atoms with E-state index in [1.165, 1.54) is 17.2 Å². The minimum atomic E-state index is -0.223. The summed E-state index contributed by atoms with van der Waals surface area (Å²) < 4.78 is 20.0. The van der Waals surface area contributed by atoms with Crippen molar-refractivity contribution in [3.63, 3.8) is 0 Å². The van der Waals surface area contributed by atoms with E-state index in [0.29, 0.717) is 25.2 Å². The molecular weight excluding hydrogens is 321 g/mol. The van der Waals surface area contributed by atoms with Crippen molar-refractivity contribution >= 4 is 15.9 Å². The zero-order valence-electron chi connectivity index (χ0n) is 10.9. The van der Waals surface area contributed by atoms with Crippen LogP contribution in [0.25, 0.3) is 0 Å². The van der Waals surface area contributed by atoms with Gasteiger partial charge in [0.1, 0.15) is 5.82 Å². The molecule has 2 N–H and O–H groups in total. The Labute approximate surface area is 125 Å². The number of benzene rings is 2. The fourth-order valence-electron chi connectivity index (χ4n) is 2.46. The van der Waals surface area contributed by atoms with Crippen LogP contribution in [0.4, 0.5) is 4.39 Å². The van der Waals surface area contributed by atoms with Gasteiger partial charge in [0.2, 0.25) is 0 Å². The molecule has 0 saturated heterocycles. The third-order valence-corrected chi connectivity index (χ3v) is 4.12. The fraction of sp³-hybridized carbons (Fsp3) is 0.250. The smallest absolute Gasteiger partial charge is 0.127 e. The highest BCUT2D eigenvalue weighted by molar-refractivity contribution is 9.10. The average molecular weight is 336 g/mol. The van der Waals surface area contributed by atoms with Crippen LogP contribution in [0.15, 0.2) is 40.9 Å². The van der Waals surface area contributed by atoms with Gasteiger partial charge in [0, 0.05) is 10.5 Å². The first kappa shape index (κ1) is 13.7. The first-order valence-corrected chi connectivity index (χ1v) is 7.32. The monoisotopic (exact) mass is 335 g/mol. The molecule has 2 aromatic carbocycles. The van der Waals surface area contributed by atoms with Crippen LogP contribution in [0, 0.1) is 5.82 Å². The summed E-state index contributed by atoms with van der Waals surface area (Å²) in [5.41, 5.74) is 10.3. The van der Waals surface area contributed by atoms with Crippen LogP contribution in [0.1, 0.15) is 28.3 Å². The van der Waals surface area contributed by atoms with E-state index in [4.69, 9.17) is 10.5 Å². The predicted octanol–water partition coefficient (Wildman–Crippen LogP) is 3.86. The van der Waals surface area contributed by atoms with Crippen LogP contribution in [-0.2, 0) is 24.4 Å². The van der Waals surface area contributed by atoms with E-state index in [0.717, 1.165) is 10.0 Å². The third kappa shape index (κ3) is 2.77. The molecule has 1 unspecified atom stereocenters. The maximum Gasteiger partial charge on any atom is 0.127 e. The molecule has 20 heavy (non-hydrogen) atoms. The Morgan fingerprint density at radius 2 is 1.95 bits per heavy atom. The summed E-state index contributed by atoms with van der Waals surface area (Å²) in [5, 5.41) is 0. The summed E-state index contributed by atoms with van der Waals surface area (Å²) in [7, 11) is 0. The number of hydrogen-bond donors (Lipinski definition) is 1. The van der Waals surface area contributed by atoms with Crippen LogP contribution in [0.2, 0.25) is 0 Å². The molecule has 0 aromatic heterocycles. The van der Waals surface area contributed by atoms with Gasteiger partial charge in [-0.1, -0.05) is 40.2 Å². The molecule has 1 heterocycles. The fourth-order valence-corrected chi connectivity index (χ4v) is 2.80. The third-order valence-electron chi connectivity index (χ3n) is 3.63. The lowest BCUT2D eigenvalue weighted by molar-refractivity contribution is 0.134. The van der Waals surface area contributed by atoms with Crippen LogP contribution in [0.5, 0.6) is 0 Å². The molecule has 0 radical (unpaired) electrons. The molecule has 1 aliphatic heterocycles. The molecule has 0 fully saturated rings. The van der Waals surface area contributed by atoms with Crippen molar-refractivity contribution in [1.82, 2.24) is 0 Å². The minimum absolute atomic E-state index is 0.212. The minimum Gasteiger partial charge on any atom is -0.372 e. The molecule has 2 aromatic rings. The van der Waals surface area contributed by atoms with E-state index in [1.807, 2.05) is 12.1 Å². The van der Waals surface area contributed by atoms with Gasteiger partial charge in [0.15, 0.2) is 0 Å². The van der Waals surface area contributed by atoms with Crippen LogP contribution < -0.4 is 5.73 Å². The number of halogens is 2. The van der Waals surface area contributed by atoms with Crippen molar-refractivity contribution in [2.45, 2.75) is 25.7 Å². The summed E-state index contributed by atoms with van der Waals surface area (Å²) in [6.45, 7) is 1.31. The van der Waals surface area contributed by atoms with Gasteiger partial charge in [-0.05, 0) is 40.8 Å². The standard InChI is InChI=1S/C16H15BrFNO/c17-14-4-3-10(15(18)7-14)6-16(19)11-1-2-12-8-20-9-13(12)5-11/h1-5,7,16H,6,8-9,19H2. The molecule has 104 valence electrons. The quantitative estimate of drug-likeness (QED) is 0.924. The van der Waals surface area contributed by atoms with Crippen molar-refractivity contribution in [2.75, 3.05) is 0 Å². The zero-order valence-corrected chi connectivity index (χ0v) is 12.5. The Hall–Kier alpha value is -1.23. The number of fused-ring (bicyclic) bond motifs is 1. The molecule has 2 nitrogen and oxygen atoms in total. The first-order valence-electron chi connectivity index (χ1n) is 6.52. The SMILES string of the molecule is NC(Cc1ccc(Br)cc1F)c1ccc2c(c1)COC2. The second-order valence-corrected chi connectivity index (χ2v) is 5.98. The van der Waals surface area contributed by atoms with E-state index in [-0.39, 0.29) is 11.9 Å². The normalized spacial score (nSPS) is 15.2. The summed E-state index contributed by atoms with van der Waals surface area (Å²) in [6.07, 6.45) is 0.485. The van der Waals surface area contributed by atoms with Gasteiger partial charge in [-0.2, -0.15) is 0 Å². The Morgan fingerprint density at radius 1 is 1.15 bits per heavy atom. The summed E-state index contributed by atoms with van der Waals surface area (Å²) in [4.78, 5) is 0. The first-order chi connectivity index (χ1) is 9.63. The van der Waals surface area contributed by atoms with E-state index < -0.39 is 0 Å². The van der Waals surface area contributed by atoms with Crippen LogP contribution in [0.3, 0.4) is 0 Å². The summed E-state index contributed by atoms with van der Waals surface area (Å²) in [6, 6.07) is 11.0. The highest BCUT2D eigenvalue weighted by Gasteiger charge is 2.15. The lowest BCUT2D eigenvalue weighted by Crippen LogP contribution is -2.14. The van der Waals surface area contributed by atoms with Crippen LogP contribution in [-0.4, -0.2) is 0 Å². The van der Waals surface area contributed by atoms with Crippen molar-refractivity contribution < 1.29 is 9.13 Å². The number of nitrogens with two attached hydrogens (primary N) is 1. The van der Waals surface area contributed by atoms with Gasteiger partial charge >= 0.3 is 0 Å². The highest BCUT2D eigenvalue weighted by Crippen LogP contribution is 2.26. The molecule has 0 amide bonds. The largest absolute Gasteiger partial charge is 0.372 e. The number of ether oxygens (including phenoxy) is 1. The Bertz CT molecular complexity index is 644. The van der Waals surface area contributed by atoms with Crippen molar-refractivity contribution in [1.29, 1.82) is 0 Å². The van der Waals surface area contributed by atoms with Gasteiger partial charge in [0.05, 0.1) is 13.2 Å². The number of rotatable bonds is 3. The second-order valence-electron chi connectivity index (χ2n) is 5.07. The average Bonchev–Trinajstić information content (AvgIpc) is 2.89. The lowest BCUT2D eigenvalue weighted by Gasteiger charge is -2.14. The van der Waals surface area contributed by atoms with E-state index >= 15 is 0 Å². The molecule has 0 aliphatic carbocycles. The lowest BCUT2D eigenvalue weighted by atomic mass is 9.96. The van der Waals surface area contributed by atoms with Gasteiger partial charge in [-0.25, -0.2) is 4.39 Å². The molecule has 4 heteroatoms. The van der Waals surface area contributed by atoms with Gasteiger partial charge in [-0.15, -0.1) is 0 Å². The van der Waals surface area contributed by atoms with Gasteiger partial charge < -0.3 is 10.5 Å². The zero-order chi connectivity index (χ0) is 14.1. The molecule has 1 atom stereocenters. The molecular formula is C16H15BrFNO. The molecule has 1 aliphatic rings. The predicted molar refractivity (Wildman–Crippen MR) is 79.7 cm³/mol. The molecule has 0 saturated carbocycles. The van der Waals surface area contributed by atoms with Gasteiger partial charge in [0.25, 0.3) is 0 Å². The Balaban J connectivity index is 1.80.